The minimum absolute atomic E-state index is 0.0236. The highest BCUT2D eigenvalue weighted by Gasteiger charge is 2.07. The van der Waals surface area contributed by atoms with Gasteiger partial charge in [-0.3, -0.25) is 0 Å². The predicted octanol–water partition coefficient (Wildman–Crippen LogP) is 2.29. The van der Waals surface area contributed by atoms with E-state index in [9.17, 15) is 0 Å². The van der Waals surface area contributed by atoms with Crippen LogP contribution in [-0.4, -0.2) is 24.9 Å². The molecule has 0 aliphatic carbocycles. The molecule has 3 N–H and O–H groups in total. The number of nitrogens with two attached hydrogens (primary N) is 1. The Balaban J connectivity index is 2.13. The van der Waals surface area contributed by atoms with Gasteiger partial charge in [-0.25, -0.2) is 0 Å². The number of hydrogen-bond acceptors (Lipinski definition) is 4. The summed E-state index contributed by atoms with van der Waals surface area (Å²) in [5.74, 6) is 0.859. The van der Waals surface area contributed by atoms with E-state index in [-0.39, 0.29) is 12.6 Å². The Hall–Kier alpha value is -1.36. The molecule has 0 bridgehead atoms. The summed E-state index contributed by atoms with van der Waals surface area (Å²) in [6.07, 6.45) is 0.720. The van der Waals surface area contributed by atoms with Gasteiger partial charge < -0.3 is 15.6 Å². The molecule has 1 aromatic carbocycles. The molecule has 4 heteroatoms. The third-order valence-corrected chi connectivity index (χ3v) is 3.89. The second-order valence-corrected chi connectivity index (χ2v) is 5.31. The van der Waals surface area contributed by atoms with Crippen molar-refractivity contribution in [3.8, 4) is 16.2 Å². The third kappa shape index (κ3) is 3.10. The van der Waals surface area contributed by atoms with Crippen molar-refractivity contribution in [2.24, 2.45) is 5.73 Å². The fourth-order valence-corrected chi connectivity index (χ4v) is 2.83. The van der Waals surface area contributed by atoms with Gasteiger partial charge in [-0.2, -0.15) is 0 Å². The highest BCUT2D eigenvalue weighted by atomic mass is 32.1. The zero-order valence-electron chi connectivity index (χ0n) is 10.3. The normalized spacial score (nSPS) is 12.4. The van der Waals surface area contributed by atoms with Crippen molar-refractivity contribution in [1.82, 2.24) is 0 Å². The van der Waals surface area contributed by atoms with E-state index in [0.29, 0.717) is 0 Å². The van der Waals surface area contributed by atoms with Gasteiger partial charge in [0.25, 0.3) is 0 Å². The number of methoxy groups -OCH3 is 1. The average Bonchev–Trinajstić information content (AvgIpc) is 2.87. The Morgan fingerprint density at radius 3 is 2.56 bits per heavy atom. The maximum atomic E-state index is 8.94. The molecule has 0 saturated heterocycles. The molecule has 96 valence electrons. The van der Waals surface area contributed by atoms with Crippen LogP contribution >= 0.6 is 11.3 Å². The lowest BCUT2D eigenvalue weighted by atomic mass is 10.2. The molecule has 3 nitrogen and oxygen atoms in total. The standard InChI is InChI=1S/C14H17NO2S/c1-17-12-4-2-10(3-5-12)14-7-6-13(18-14)8-11(15)9-16/h2-7,11,16H,8-9,15H2,1H3. The largest absolute Gasteiger partial charge is 0.497 e. The Bertz CT molecular complexity index is 493. The van der Waals surface area contributed by atoms with Crippen LogP contribution in [0, 0.1) is 0 Å². The van der Waals surface area contributed by atoms with Crippen molar-refractivity contribution in [3.05, 3.63) is 41.3 Å². The number of benzene rings is 1. The molecule has 1 heterocycles. The Morgan fingerprint density at radius 2 is 1.94 bits per heavy atom. The average molecular weight is 263 g/mol. The van der Waals surface area contributed by atoms with Gasteiger partial charge in [0.1, 0.15) is 5.75 Å². The van der Waals surface area contributed by atoms with Crippen molar-refractivity contribution >= 4 is 11.3 Å². The SMILES string of the molecule is COc1ccc(-c2ccc(CC(N)CO)s2)cc1. The molecular formula is C14H17NO2S. The van der Waals surface area contributed by atoms with E-state index in [2.05, 4.69) is 12.1 Å². The predicted molar refractivity (Wildman–Crippen MR) is 75.1 cm³/mol. The van der Waals surface area contributed by atoms with Crippen LogP contribution in [0.25, 0.3) is 10.4 Å². The van der Waals surface area contributed by atoms with E-state index in [1.54, 1.807) is 18.4 Å². The van der Waals surface area contributed by atoms with Gasteiger partial charge in [0.15, 0.2) is 0 Å². The molecule has 1 atom stereocenters. The van der Waals surface area contributed by atoms with Gasteiger partial charge in [0.05, 0.1) is 13.7 Å². The highest BCUT2D eigenvalue weighted by molar-refractivity contribution is 7.15. The summed E-state index contributed by atoms with van der Waals surface area (Å²) in [4.78, 5) is 2.40. The van der Waals surface area contributed by atoms with Gasteiger partial charge in [-0.05, 0) is 48.4 Å². The Kier molecular flexibility index (Phi) is 4.36. The van der Waals surface area contributed by atoms with Gasteiger partial charge in [0.2, 0.25) is 0 Å². The monoisotopic (exact) mass is 263 g/mol. The number of rotatable bonds is 5. The maximum Gasteiger partial charge on any atom is 0.118 e. The van der Waals surface area contributed by atoms with Crippen LogP contribution in [0.2, 0.25) is 0 Å². The van der Waals surface area contributed by atoms with E-state index in [0.717, 1.165) is 12.2 Å². The maximum absolute atomic E-state index is 8.94. The Morgan fingerprint density at radius 1 is 1.22 bits per heavy atom. The molecule has 2 aromatic rings. The molecule has 2 rings (SSSR count). The lowest BCUT2D eigenvalue weighted by molar-refractivity contribution is 0.266. The van der Waals surface area contributed by atoms with Gasteiger partial charge >= 0.3 is 0 Å². The van der Waals surface area contributed by atoms with E-state index >= 15 is 0 Å². The minimum atomic E-state index is -0.174. The summed E-state index contributed by atoms with van der Waals surface area (Å²) in [5, 5.41) is 8.94. The van der Waals surface area contributed by atoms with Crippen molar-refractivity contribution < 1.29 is 9.84 Å². The highest BCUT2D eigenvalue weighted by Crippen LogP contribution is 2.29. The van der Waals surface area contributed by atoms with Crippen LogP contribution in [-0.2, 0) is 6.42 Å². The number of aliphatic hydroxyl groups excluding tert-OH is 1. The van der Waals surface area contributed by atoms with Crippen molar-refractivity contribution in [2.45, 2.75) is 12.5 Å². The molecule has 0 radical (unpaired) electrons. The molecule has 1 aromatic heterocycles. The van der Waals surface area contributed by atoms with Crippen molar-refractivity contribution in [3.63, 3.8) is 0 Å². The van der Waals surface area contributed by atoms with Crippen LogP contribution in [0.1, 0.15) is 4.88 Å². The Labute approximate surface area is 111 Å². The first-order chi connectivity index (χ1) is 8.72. The second-order valence-electron chi connectivity index (χ2n) is 4.14. The zero-order valence-corrected chi connectivity index (χ0v) is 11.1. The topological polar surface area (TPSA) is 55.5 Å². The second kappa shape index (κ2) is 6.00. The number of ether oxygens (including phenoxy) is 1. The summed E-state index contributed by atoms with van der Waals surface area (Å²) >= 11 is 1.71. The lowest BCUT2D eigenvalue weighted by Gasteiger charge is -2.04. The number of thiophene rings is 1. The van der Waals surface area contributed by atoms with Crippen LogP contribution in [0.5, 0.6) is 5.75 Å². The molecule has 0 amide bonds. The first kappa shape index (κ1) is 13.1. The molecule has 0 spiro atoms. The number of hydrogen-bond donors (Lipinski definition) is 2. The summed E-state index contributed by atoms with van der Waals surface area (Å²) in [6.45, 7) is 0.0236. The van der Waals surface area contributed by atoms with E-state index in [4.69, 9.17) is 15.6 Å². The summed E-state index contributed by atoms with van der Waals surface area (Å²) in [6, 6.07) is 12.0. The van der Waals surface area contributed by atoms with Crippen LogP contribution in [0.4, 0.5) is 0 Å². The van der Waals surface area contributed by atoms with Gasteiger partial charge in [-0.15, -0.1) is 11.3 Å². The van der Waals surface area contributed by atoms with Crippen molar-refractivity contribution in [2.75, 3.05) is 13.7 Å². The van der Waals surface area contributed by atoms with Crippen molar-refractivity contribution in [1.29, 1.82) is 0 Å². The fraction of sp³-hybridized carbons (Fsp3) is 0.286. The van der Waals surface area contributed by atoms with E-state index < -0.39 is 0 Å². The lowest BCUT2D eigenvalue weighted by Crippen LogP contribution is -2.26. The summed E-state index contributed by atoms with van der Waals surface area (Å²) in [7, 11) is 1.66. The summed E-state index contributed by atoms with van der Waals surface area (Å²) in [5.41, 5.74) is 6.90. The first-order valence-corrected chi connectivity index (χ1v) is 6.64. The van der Waals surface area contributed by atoms with E-state index in [1.807, 2.05) is 24.3 Å². The molecule has 1 unspecified atom stereocenters. The first-order valence-electron chi connectivity index (χ1n) is 5.82. The number of aliphatic hydroxyl groups is 1. The van der Waals surface area contributed by atoms with Gasteiger partial charge in [-0.1, -0.05) is 0 Å². The molecule has 0 aliphatic rings. The van der Waals surface area contributed by atoms with Crippen LogP contribution in [0.15, 0.2) is 36.4 Å². The molecule has 0 aliphatic heterocycles. The molecule has 18 heavy (non-hydrogen) atoms. The van der Waals surface area contributed by atoms with Gasteiger partial charge in [0, 0.05) is 15.8 Å². The van der Waals surface area contributed by atoms with E-state index in [1.165, 1.54) is 15.3 Å². The molecule has 0 fully saturated rings. The summed E-state index contributed by atoms with van der Waals surface area (Å²) < 4.78 is 5.14. The molecular weight excluding hydrogens is 246 g/mol. The fourth-order valence-electron chi connectivity index (χ4n) is 1.72. The molecule has 0 saturated carbocycles. The quantitative estimate of drug-likeness (QED) is 0.870. The van der Waals surface area contributed by atoms with Crippen LogP contribution in [0.3, 0.4) is 0 Å². The van der Waals surface area contributed by atoms with Crippen LogP contribution < -0.4 is 10.5 Å². The minimum Gasteiger partial charge on any atom is -0.497 e. The third-order valence-electron chi connectivity index (χ3n) is 2.73. The zero-order chi connectivity index (χ0) is 13.0. The smallest absolute Gasteiger partial charge is 0.118 e.